The van der Waals surface area contributed by atoms with Gasteiger partial charge in [0.2, 0.25) is 6.33 Å². The van der Waals surface area contributed by atoms with Crippen LogP contribution < -0.4 is 0 Å². The fourth-order valence-corrected chi connectivity index (χ4v) is 0.859. The Morgan fingerprint density at radius 2 is 2.38 bits per heavy atom. The maximum atomic E-state index is 3.90. The second-order valence-electron chi connectivity index (χ2n) is 1.89. The maximum absolute atomic E-state index is 3.90. The van der Waals surface area contributed by atoms with Crippen molar-refractivity contribution in [3.8, 4) is 0 Å². The number of nitrogens with zero attached hydrogens (tertiary/aromatic N) is 2. The average molecular weight is 127 g/mol. The lowest BCUT2D eigenvalue weighted by molar-refractivity contribution is 0.851. The second-order valence-corrected chi connectivity index (χ2v) is 2.67. The molecule has 0 unspecified atom stereocenters. The van der Waals surface area contributed by atoms with Crippen molar-refractivity contribution in [2.24, 2.45) is 0 Å². The van der Waals surface area contributed by atoms with Gasteiger partial charge in [-0.3, -0.25) is 0 Å². The van der Waals surface area contributed by atoms with Crippen LogP contribution in [0.2, 0.25) is 0 Å². The average Bonchev–Trinajstić information content (AvgIpc) is 2.12. The minimum atomic E-state index is 0.499. The lowest BCUT2D eigenvalue weighted by atomic mass is 10.2. The smallest absolute Gasteiger partial charge is 0.211 e. The fraction of sp³-hybridized carbons (Fsp3) is 0.600. The van der Waals surface area contributed by atoms with Gasteiger partial charge in [0.1, 0.15) is 5.01 Å². The monoisotopic (exact) mass is 127 g/mol. The first-order valence-corrected chi connectivity index (χ1v) is 3.27. The highest BCUT2D eigenvalue weighted by atomic mass is 32.1. The molecule has 0 aliphatic carbocycles. The topological polar surface area (TPSA) is 25.8 Å². The molecule has 1 aromatic heterocycles. The van der Waals surface area contributed by atoms with Gasteiger partial charge in [0, 0.05) is 5.92 Å². The molecule has 43 valence electrons. The number of hydrogen-bond donors (Lipinski definition) is 0. The highest BCUT2D eigenvalue weighted by molar-refractivity contribution is 7.05. The van der Waals surface area contributed by atoms with E-state index in [-0.39, 0.29) is 0 Å². The summed E-state index contributed by atoms with van der Waals surface area (Å²) in [6.07, 6.45) is 2.53. The summed E-state index contributed by atoms with van der Waals surface area (Å²) in [6, 6.07) is 0. The van der Waals surface area contributed by atoms with Gasteiger partial charge in [0.05, 0.1) is 0 Å². The van der Waals surface area contributed by atoms with Crippen molar-refractivity contribution >= 4 is 11.5 Å². The zero-order chi connectivity index (χ0) is 5.98. The molecule has 8 heavy (non-hydrogen) atoms. The molecule has 0 saturated carbocycles. The van der Waals surface area contributed by atoms with E-state index >= 15 is 0 Å². The molecule has 0 bridgehead atoms. The molecule has 1 rings (SSSR count). The fourth-order valence-electron chi connectivity index (χ4n) is 0.392. The molecule has 1 aromatic rings. The van der Waals surface area contributed by atoms with Crippen molar-refractivity contribution in [2.45, 2.75) is 19.8 Å². The standard InChI is InChI=1S/C5H7N2S/c1-4(2)5-6-3-7-8-5/h4H,1-2H3. The molecule has 0 fully saturated rings. The van der Waals surface area contributed by atoms with E-state index in [2.05, 4.69) is 29.5 Å². The summed E-state index contributed by atoms with van der Waals surface area (Å²) in [5.74, 6) is 0.499. The van der Waals surface area contributed by atoms with Crippen molar-refractivity contribution in [1.82, 2.24) is 9.36 Å². The zero-order valence-electron chi connectivity index (χ0n) is 4.88. The Bertz CT molecular complexity index is 145. The Kier molecular flexibility index (Phi) is 1.58. The molecular formula is C5H7N2S. The molecule has 0 aliphatic heterocycles. The number of aromatic nitrogens is 2. The summed E-state index contributed by atoms with van der Waals surface area (Å²) in [7, 11) is 0. The Morgan fingerprint density at radius 3 is 2.62 bits per heavy atom. The van der Waals surface area contributed by atoms with Crippen LogP contribution in [0.4, 0.5) is 0 Å². The molecule has 0 N–H and O–H groups in total. The largest absolute Gasteiger partial charge is 0.217 e. The van der Waals surface area contributed by atoms with E-state index in [0.717, 1.165) is 5.01 Å². The van der Waals surface area contributed by atoms with Crippen LogP contribution in [0.3, 0.4) is 0 Å². The highest BCUT2D eigenvalue weighted by Gasteiger charge is 1.99. The molecular weight excluding hydrogens is 120 g/mol. The molecule has 1 heterocycles. The van der Waals surface area contributed by atoms with E-state index < -0.39 is 0 Å². The first kappa shape index (κ1) is 5.69. The van der Waals surface area contributed by atoms with Crippen LogP contribution in [-0.4, -0.2) is 9.36 Å². The molecule has 1 radical (unpaired) electrons. The van der Waals surface area contributed by atoms with Crippen LogP contribution in [0.15, 0.2) is 0 Å². The second kappa shape index (κ2) is 2.22. The van der Waals surface area contributed by atoms with Gasteiger partial charge in [-0.2, -0.15) is 4.37 Å². The van der Waals surface area contributed by atoms with Gasteiger partial charge in [-0.25, -0.2) is 4.98 Å². The van der Waals surface area contributed by atoms with E-state index in [1.807, 2.05) is 0 Å². The van der Waals surface area contributed by atoms with E-state index in [1.54, 1.807) is 0 Å². The molecule has 0 aromatic carbocycles. The van der Waals surface area contributed by atoms with E-state index in [4.69, 9.17) is 0 Å². The van der Waals surface area contributed by atoms with Gasteiger partial charge in [-0.05, 0) is 11.5 Å². The van der Waals surface area contributed by atoms with Gasteiger partial charge in [-0.1, -0.05) is 13.8 Å². The summed E-state index contributed by atoms with van der Waals surface area (Å²) >= 11 is 1.41. The maximum Gasteiger partial charge on any atom is 0.211 e. The molecule has 0 amide bonds. The minimum absolute atomic E-state index is 0.499. The zero-order valence-corrected chi connectivity index (χ0v) is 5.70. The quantitative estimate of drug-likeness (QED) is 0.570. The van der Waals surface area contributed by atoms with Crippen LogP contribution >= 0.6 is 11.5 Å². The third-order valence-electron chi connectivity index (χ3n) is 0.834. The van der Waals surface area contributed by atoms with E-state index in [0.29, 0.717) is 5.92 Å². The van der Waals surface area contributed by atoms with Gasteiger partial charge in [0.15, 0.2) is 0 Å². The van der Waals surface area contributed by atoms with Crippen LogP contribution in [0.1, 0.15) is 24.8 Å². The number of rotatable bonds is 1. The van der Waals surface area contributed by atoms with E-state index in [9.17, 15) is 0 Å². The van der Waals surface area contributed by atoms with E-state index in [1.165, 1.54) is 11.5 Å². The molecule has 2 nitrogen and oxygen atoms in total. The van der Waals surface area contributed by atoms with Crippen LogP contribution in [0.5, 0.6) is 0 Å². The van der Waals surface area contributed by atoms with Crippen molar-refractivity contribution in [2.75, 3.05) is 0 Å². The van der Waals surface area contributed by atoms with Crippen molar-refractivity contribution in [3.63, 3.8) is 0 Å². The molecule has 3 heteroatoms. The molecule has 0 atom stereocenters. The Balaban J connectivity index is 2.77. The van der Waals surface area contributed by atoms with Gasteiger partial charge in [-0.15, -0.1) is 0 Å². The Labute approximate surface area is 52.7 Å². The summed E-state index contributed by atoms with van der Waals surface area (Å²) in [4.78, 5) is 3.90. The first-order chi connectivity index (χ1) is 3.80. The molecule has 0 spiro atoms. The van der Waals surface area contributed by atoms with Crippen LogP contribution in [-0.2, 0) is 0 Å². The van der Waals surface area contributed by atoms with Crippen molar-refractivity contribution < 1.29 is 0 Å². The van der Waals surface area contributed by atoms with Crippen LogP contribution in [0, 0.1) is 6.33 Å². The first-order valence-electron chi connectivity index (χ1n) is 2.50. The van der Waals surface area contributed by atoms with Gasteiger partial charge >= 0.3 is 0 Å². The highest BCUT2D eigenvalue weighted by Crippen LogP contribution is 2.12. The molecule has 0 aliphatic rings. The predicted octanol–water partition coefficient (Wildman–Crippen LogP) is 1.46. The third kappa shape index (κ3) is 1.04. The van der Waals surface area contributed by atoms with Crippen molar-refractivity contribution in [1.29, 1.82) is 0 Å². The summed E-state index contributed by atoms with van der Waals surface area (Å²) in [6.45, 7) is 4.18. The van der Waals surface area contributed by atoms with Crippen LogP contribution in [0.25, 0.3) is 0 Å². The lowest BCUT2D eigenvalue weighted by Crippen LogP contribution is -1.81. The van der Waals surface area contributed by atoms with Gasteiger partial charge < -0.3 is 0 Å². The minimum Gasteiger partial charge on any atom is -0.217 e. The number of hydrogen-bond acceptors (Lipinski definition) is 3. The molecule has 0 saturated heterocycles. The summed E-state index contributed by atoms with van der Waals surface area (Å²) in [5.41, 5.74) is 0. The summed E-state index contributed by atoms with van der Waals surface area (Å²) in [5, 5.41) is 1.06. The van der Waals surface area contributed by atoms with Crippen molar-refractivity contribution in [3.05, 3.63) is 11.3 Å². The Morgan fingerprint density at radius 1 is 1.62 bits per heavy atom. The normalized spacial score (nSPS) is 10.4. The Hall–Kier alpha value is -0.440. The van der Waals surface area contributed by atoms with Gasteiger partial charge in [0.25, 0.3) is 0 Å². The predicted molar refractivity (Wildman–Crippen MR) is 32.8 cm³/mol. The third-order valence-corrected chi connectivity index (χ3v) is 1.76. The summed E-state index contributed by atoms with van der Waals surface area (Å²) < 4.78 is 3.75. The SMILES string of the molecule is CC(C)c1n[c]ns1. The lowest BCUT2D eigenvalue weighted by Gasteiger charge is -1.92.